The number of carboxylic acid groups (broad SMARTS) is 1. The third kappa shape index (κ3) is 2.32. The molecule has 1 amide bonds. The predicted octanol–water partition coefficient (Wildman–Crippen LogP) is 1.56. The van der Waals surface area contributed by atoms with E-state index < -0.39 is 17.8 Å². The highest BCUT2D eigenvalue weighted by molar-refractivity contribution is 5.86. The van der Waals surface area contributed by atoms with E-state index in [0.29, 0.717) is 5.92 Å². The van der Waals surface area contributed by atoms with Gasteiger partial charge in [-0.25, -0.2) is 0 Å². The number of carbonyl (C=O) groups is 2. The summed E-state index contributed by atoms with van der Waals surface area (Å²) in [6.07, 6.45) is 5.63. The van der Waals surface area contributed by atoms with Crippen molar-refractivity contribution in [2.45, 2.75) is 63.7 Å². The fourth-order valence-electron chi connectivity index (χ4n) is 4.13. The maximum absolute atomic E-state index is 12.5. The molecular formula is C15H23NO4. The van der Waals surface area contributed by atoms with Crippen LogP contribution in [0, 0.1) is 17.8 Å². The summed E-state index contributed by atoms with van der Waals surface area (Å²) in [4.78, 5) is 23.9. The van der Waals surface area contributed by atoms with Gasteiger partial charge in [-0.05, 0) is 31.6 Å². The van der Waals surface area contributed by atoms with Crippen LogP contribution in [0.3, 0.4) is 0 Å². The lowest BCUT2D eigenvalue weighted by molar-refractivity contribution is -0.148. The van der Waals surface area contributed by atoms with Crippen LogP contribution in [-0.4, -0.2) is 35.2 Å². The summed E-state index contributed by atoms with van der Waals surface area (Å²) in [5.74, 6) is -1.68. The first kappa shape index (κ1) is 13.9. The Labute approximate surface area is 119 Å². The largest absolute Gasteiger partial charge is 0.481 e. The zero-order chi connectivity index (χ0) is 14.3. The molecule has 0 aromatic heterocycles. The molecule has 3 aliphatic rings. The molecule has 0 radical (unpaired) electrons. The third-order valence-electron chi connectivity index (χ3n) is 5.30. The molecule has 2 bridgehead atoms. The van der Waals surface area contributed by atoms with Crippen molar-refractivity contribution in [3.63, 3.8) is 0 Å². The molecule has 2 aliphatic heterocycles. The lowest BCUT2D eigenvalue weighted by atomic mass is 9.78. The number of amides is 1. The van der Waals surface area contributed by atoms with Crippen molar-refractivity contribution in [3.8, 4) is 0 Å². The second-order valence-corrected chi connectivity index (χ2v) is 6.56. The molecule has 0 aromatic rings. The summed E-state index contributed by atoms with van der Waals surface area (Å²) in [5, 5.41) is 12.5. The van der Waals surface area contributed by atoms with Crippen molar-refractivity contribution in [2.24, 2.45) is 17.8 Å². The fourth-order valence-corrected chi connectivity index (χ4v) is 4.13. The van der Waals surface area contributed by atoms with Crippen LogP contribution in [0.2, 0.25) is 0 Å². The number of hydrogen-bond acceptors (Lipinski definition) is 3. The smallest absolute Gasteiger partial charge is 0.310 e. The van der Waals surface area contributed by atoms with Gasteiger partial charge in [0.05, 0.1) is 24.0 Å². The SMILES string of the molecule is C[C@@H]1CCCC[C@H]1NC(=O)[C@H]1[C@@H](C(=O)O)[C@@H]2CC[C@@H]1O2. The molecule has 2 N–H and O–H groups in total. The Balaban J connectivity index is 1.68. The number of fused-ring (bicyclic) bond motifs is 2. The minimum Gasteiger partial charge on any atom is -0.481 e. The highest BCUT2D eigenvalue weighted by atomic mass is 16.5. The summed E-state index contributed by atoms with van der Waals surface area (Å²) in [6, 6.07) is 0.199. The van der Waals surface area contributed by atoms with Crippen molar-refractivity contribution >= 4 is 11.9 Å². The summed E-state index contributed by atoms with van der Waals surface area (Å²) >= 11 is 0. The van der Waals surface area contributed by atoms with Gasteiger partial charge in [0.1, 0.15) is 0 Å². The van der Waals surface area contributed by atoms with Gasteiger partial charge in [0.15, 0.2) is 0 Å². The van der Waals surface area contributed by atoms with E-state index in [1.54, 1.807) is 0 Å². The molecule has 6 atom stereocenters. The van der Waals surface area contributed by atoms with E-state index >= 15 is 0 Å². The number of nitrogens with one attached hydrogen (secondary N) is 1. The van der Waals surface area contributed by atoms with Crippen LogP contribution >= 0.6 is 0 Å². The van der Waals surface area contributed by atoms with Crippen molar-refractivity contribution in [2.75, 3.05) is 0 Å². The minimum atomic E-state index is -0.894. The van der Waals surface area contributed by atoms with E-state index in [1.807, 2.05) is 0 Å². The van der Waals surface area contributed by atoms with Gasteiger partial charge in [0.25, 0.3) is 0 Å². The van der Waals surface area contributed by atoms with Gasteiger partial charge in [0, 0.05) is 6.04 Å². The van der Waals surface area contributed by atoms with Gasteiger partial charge in [0.2, 0.25) is 5.91 Å². The Bertz CT molecular complexity index is 411. The molecule has 0 unspecified atom stereocenters. The van der Waals surface area contributed by atoms with E-state index in [4.69, 9.17) is 4.74 Å². The van der Waals surface area contributed by atoms with Crippen LogP contribution in [-0.2, 0) is 14.3 Å². The molecule has 1 aliphatic carbocycles. The van der Waals surface area contributed by atoms with Crippen molar-refractivity contribution < 1.29 is 19.4 Å². The fraction of sp³-hybridized carbons (Fsp3) is 0.867. The summed E-state index contributed by atoms with van der Waals surface area (Å²) in [7, 11) is 0. The lowest BCUT2D eigenvalue weighted by Crippen LogP contribution is -2.49. The lowest BCUT2D eigenvalue weighted by Gasteiger charge is -2.32. The van der Waals surface area contributed by atoms with Crippen LogP contribution < -0.4 is 5.32 Å². The van der Waals surface area contributed by atoms with E-state index in [-0.39, 0.29) is 24.2 Å². The van der Waals surface area contributed by atoms with Gasteiger partial charge >= 0.3 is 5.97 Å². The highest BCUT2D eigenvalue weighted by Crippen LogP contribution is 2.43. The molecule has 112 valence electrons. The first-order valence-corrected chi connectivity index (χ1v) is 7.76. The number of carboxylic acids is 1. The quantitative estimate of drug-likeness (QED) is 0.823. The molecule has 2 saturated heterocycles. The van der Waals surface area contributed by atoms with Crippen LogP contribution in [0.1, 0.15) is 45.4 Å². The van der Waals surface area contributed by atoms with E-state index in [9.17, 15) is 14.7 Å². The Morgan fingerprint density at radius 1 is 1.05 bits per heavy atom. The molecule has 0 spiro atoms. The van der Waals surface area contributed by atoms with E-state index in [0.717, 1.165) is 32.1 Å². The molecule has 3 rings (SSSR count). The van der Waals surface area contributed by atoms with Crippen molar-refractivity contribution in [3.05, 3.63) is 0 Å². The molecule has 2 heterocycles. The normalized spacial score (nSPS) is 43.5. The van der Waals surface area contributed by atoms with Gasteiger partial charge in [-0.3, -0.25) is 9.59 Å². The standard InChI is InChI=1S/C15H23NO4/c1-8-4-2-3-5-9(8)16-14(17)12-10-6-7-11(20-10)13(12)15(18)19/h8-13H,2-7H2,1H3,(H,16,17)(H,18,19)/t8-,9-,10+,11+,12-,13+/m1/s1. The summed E-state index contributed by atoms with van der Waals surface area (Å²) < 4.78 is 5.65. The summed E-state index contributed by atoms with van der Waals surface area (Å²) in [5.41, 5.74) is 0. The van der Waals surface area contributed by atoms with Gasteiger partial charge < -0.3 is 15.2 Å². The molecule has 3 fully saturated rings. The number of rotatable bonds is 3. The Morgan fingerprint density at radius 2 is 1.70 bits per heavy atom. The maximum Gasteiger partial charge on any atom is 0.310 e. The molecule has 5 nitrogen and oxygen atoms in total. The average Bonchev–Trinajstić information content (AvgIpc) is 3.01. The average molecular weight is 281 g/mol. The van der Waals surface area contributed by atoms with E-state index in [2.05, 4.69) is 12.2 Å². The van der Waals surface area contributed by atoms with Gasteiger partial charge in [-0.2, -0.15) is 0 Å². The molecule has 0 aromatic carbocycles. The Hall–Kier alpha value is -1.10. The number of ether oxygens (including phenoxy) is 1. The number of carbonyl (C=O) groups excluding carboxylic acids is 1. The number of aliphatic carboxylic acids is 1. The predicted molar refractivity (Wildman–Crippen MR) is 72.1 cm³/mol. The van der Waals surface area contributed by atoms with Crippen LogP contribution in [0.5, 0.6) is 0 Å². The van der Waals surface area contributed by atoms with Gasteiger partial charge in [-0.15, -0.1) is 0 Å². The second kappa shape index (κ2) is 5.35. The van der Waals surface area contributed by atoms with Crippen LogP contribution in [0.15, 0.2) is 0 Å². The third-order valence-corrected chi connectivity index (χ3v) is 5.30. The molecule has 20 heavy (non-hydrogen) atoms. The topological polar surface area (TPSA) is 75.6 Å². The Morgan fingerprint density at radius 3 is 2.35 bits per heavy atom. The number of hydrogen-bond donors (Lipinski definition) is 2. The first-order chi connectivity index (χ1) is 9.58. The highest BCUT2D eigenvalue weighted by Gasteiger charge is 2.55. The van der Waals surface area contributed by atoms with Crippen molar-refractivity contribution in [1.82, 2.24) is 5.32 Å². The first-order valence-electron chi connectivity index (χ1n) is 7.76. The van der Waals surface area contributed by atoms with Crippen LogP contribution in [0.4, 0.5) is 0 Å². The van der Waals surface area contributed by atoms with E-state index in [1.165, 1.54) is 6.42 Å². The summed E-state index contributed by atoms with van der Waals surface area (Å²) in [6.45, 7) is 2.16. The Kier molecular flexibility index (Phi) is 3.71. The molecular weight excluding hydrogens is 258 g/mol. The monoisotopic (exact) mass is 281 g/mol. The molecule has 5 heteroatoms. The second-order valence-electron chi connectivity index (χ2n) is 6.56. The van der Waals surface area contributed by atoms with Crippen LogP contribution in [0.25, 0.3) is 0 Å². The zero-order valence-electron chi connectivity index (χ0n) is 11.9. The minimum absolute atomic E-state index is 0.108. The zero-order valence-corrected chi connectivity index (χ0v) is 11.9. The maximum atomic E-state index is 12.5. The van der Waals surface area contributed by atoms with Crippen molar-refractivity contribution in [1.29, 1.82) is 0 Å². The van der Waals surface area contributed by atoms with Gasteiger partial charge in [-0.1, -0.05) is 19.8 Å². The molecule has 1 saturated carbocycles.